The topological polar surface area (TPSA) is 23.5 Å². The van der Waals surface area contributed by atoms with Gasteiger partial charge in [-0.1, -0.05) is 32.9 Å². The largest absolute Gasteiger partial charge is 0.374 e. The van der Waals surface area contributed by atoms with E-state index >= 15 is 0 Å². The first-order valence-corrected chi connectivity index (χ1v) is 6.04. The number of nitrogens with zero attached hydrogens (tertiary/aromatic N) is 1. The number of benzene rings is 1. The number of hydrogen-bond acceptors (Lipinski definition) is 2. The van der Waals surface area contributed by atoms with E-state index in [1.54, 1.807) is 0 Å². The first-order chi connectivity index (χ1) is 7.48. The van der Waals surface area contributed by atoms with Crippen LogP contribution in [0.15, 0.2) is 24.3 Å². The Morgan fingerprint density at radius 3 is 2.62 bits per heavy atom. The Labute approximate surface area is 97.9 Å². The Bertz CT molecular complexity index is 367. The van der Waals surface area contributed by atoms with Gasteiger partial charge in [-0.2, -0.15) is 0 Å². The van der Waals surface area contributed by atoms with Gasteiger partial charge in [0.25, 0.3) is 0 Å². The predicted octanol–water partition coefficient (Wildman–Crippen LogP) is 2.90. The van der Waals surface area contributed by atoms with Crippen LogP contribution in [0.4, 0.5) is 5.69 Å². The average Bonchev–Trinajstić information content (AvgIpc) is 2.63. The van der Waals surface area contributed by atoms with E-state index in [9.17, 15) is 5.11 Å². The molecule has 88 valence electrons. The third kappa shape index (κ3) is 2.22. The Hall–Kier alpha value is -1.02. The molecule has 0 aliphatic carbocycles. The molecule has 0 spiro atoms. The van der Waals surface area contributed by atoms with E-state index in [-0.39, 0.29) is 11.6 Å². The minimum Gasteiger partial charge on any atom is -0.374 e. The molecule has 1 aliphatic rings. The molecule has 0 aromatic heterocycles. The molecule has 0 radical (unpaired) electrons. The molecule has 1 unspecified atom stereocenters. The van der Waals surface area contributed by atoms with Gasteiger partial charge < -0.3 is 10.0 Å². The van der Waals surface area contributed by atoms with Gasteiger partial charge in [0.05, 0.1) is 0 Å². The van der Waals surface area contributed by atoms with Crippen LogP contribution < -0.4 is 4.90 Å². The van der Waals surface area contributed by atoms with Crippen molar-refractivity contribution in [3.63, 3.8) is 0 Å². The third-order valence-electron chi connectivity index (χ3n) is 3.26. The molecule has 1 fully saturated rings. The van der Waals surface area contributed by atoms with E-state index in [0.29, 0.717) is 0 Å². The molecule has 2 heteroatoms. The van der Waals surface area contributed by atoms with Crippen LogP contribution in [-0.2, 0) is 5.41 Å². The summed E-state index contributed by atoms with van der Waals surface area (Å²) >= 11 is 0. The molecule has 1 N–H and O–H groups in total. The van der Waals surface area contributed by atoms with E-state index in [4.69, 9.17) is 0 Å². The fourth-order valence-corrected chi connectivity index (χ4v) is 2.20. The maximum atomic E-state index is 9.86. The van der Waals surface area contributed by atoms with E-state index in [2.05, 4.69) is 49.9 Å². The molecular formula is C14H21NO. The molecule has 0 bridgehead atoms. The summed E-state index contributed by atoms with van der Waals surface area (Å²) in [5.41, 5.74) is 2.64. The highest BCUT2D eigenvalue weighted by Gasteiger charge is 2.23. The standard InChI is InChI=1S/C14H21NO/c1-14(2,3)11-6-4-7-12(10-11)15-9-5-8-13(15)16/h4,6-7,10,13,16H,5,8-9H2,1-3H3. The number of hydrogen-bond donors (Lipinski definition) is 1. The summed E-state index contributed by atoms with van der Waals surface area (Å²) in [7, 11) is 0. The van der Waals surface area contributed by atoms with Crippen molar-refractivity contribution in [3.8, 4) is 0 Å². The van der Waals surface area contributed by atoms with E-state index in [1.807, 2.05) is 0 Å². The summed E-state index contributed by atoms with van der Waals surface area (Å²) < 4.78 is 0. The van der Waals surface area contributed by atoms with Gasteiger partial charge in [0.15, 0.2) is 0 Å². The molecule has 1 atom stereocenters. The minimum atomic E-state index is -0.296. The lowest BCUT2D eigenvalue weighted by Gasteiger charge is -2.26. The highest BCUT2D eigenvalue weighted by atomic mass is 16.3. The summed E-state index contributed by atoms with van der Waals surface area (Å²) in [6, 6.07) is 8.53. The molecule has 16 heavy (non-hydrogen) atoms. The van der Waals surface area contributed by atoms with Gasteiger partial charge in [-0.3, -0.25) is 0 Å². The van der Waals surface area contributed by atoms with Gasteiger partial charge in [0, 0.05) is 12.2 Å². The van der Waals surface area contributed by atoms with Crippen molar-refractivity contribution in [2.24, 2.45) is 0 Å². The molecule has 2 nitrogen and oxygen atoms in total. The van der Waals surface area contributed by atoms with Crippen LogP contribution >= 0.6 is 0 Å². The smallest absolute Gasteiger partial charge is 0.126 e. The zero-order chi connectivity index (χ0) is 11.8. The summed E-state index contributed by atoms with van der Waals surface area (Å²) in [5, 5.41) is 9.86. The molecule has 1 aromatic rings. The summed E-state index contributed by atoms with van der Waals surface area (Å²) in [4.78, 5) is 2.09. The fraction of sp³-hybridized carbons (Fsp3) is 0.571. The molecule has 1 aromatic carbocycles. The van der Waals surface area contributed by atoms with Crippen molar-refractivity contribution >= 4 is 5.69 Å². The SMILES string of the molecule is CC(C)(C)c1cccc(N2CCCC2O)c1. The summed E-state index contributed by atoms with van der Waals surface area (Å²) in [6.45, 7) is 7.61. The molecule has 0 saturated carbocycles. The van der Waals surface area contributed by atoms with Gasteiger partial charge in [-0.05, 0) is 36.0 Å². The first-order valence-electron chi connectivity index (χ1n) is 6.04. The van der Waals surface area contributed by atoms with Crippen molar-refractivity contribution in [2.75, 3.05) is 11.4 Å². The van der Waals surface area contributed by atoms with Gasteiger partial charge in [-0.25, -0.2) is 0 Å². The first kappa shape index (κ1) is 11.5. The zero-order valence-electron chi connectivity index (χ0n) is 10.4. The van der Waals surface area contributed by atoms with Crippen LogP contribution in [0, 0.1) is 0 Å². The molecular weight excluding hydrogens is 198 g/mol. The fourth-order valence-electron chi connectivity index (χ4n) is 2.20. The molecule has 1 heterocycles. The van der Waals surface area contributed by atoms with E-state index < -0.39 is 0 Å². The minimum absolute atomic E-state index is 0.167. The van der Waals surface area contributed by atoms with Gasteiger partial charge in [0.1, 0.15) is 6.23 Å². The monoisotopic (exact) mass is 219 g/mol. The van der Waals surface area contributed by atoms with Crippen LogP contribution in [0.3, 0.4) is 0 Å². The van der Waals surface area contributed by atoms with Crippen LogP contribution in [0.2, 0.25) is 0 Å². The molecule has 0 amide bonds. The normalized spacial score (nSPS) is 21.5. The van der Waals surface area contributed by atoms with Crippen molar-refractivity contribution in [1.29, 1.82) is 0 Å². The molecule has 2 rings (SSSR count). The van der Waals surface area contributed by atoms with Gasteiger partial charge in [0.2, 0.25) is 0 Å². The second kappa shape index (κ2) is 4.10. The Kier molecular flexibility index (Phi) is 2.94. The zero-order valence-corrected chi connectivity index (χ0v) is 10.4. The van der Waals surface area contributed by atoms with Crippen LogP contribution in [-0.4, -0.2) is 17.9 Å². The Morgan fingerprint density at radius 2 is 2.06 bits per heavy atom. The lowest BCUT2D eigenvalue weighted by Crippen LogP contribution is -2.28. The Balaban J connectivity index is 2.29. The number of aliphatic hydroxyl groups excluding tert-OH is 1. The number of rotatable bonds is 1. The predicted molar refractivity (Wildman–Crippen MR) is 67.7 cm³/mol. The number of aliphatic hydroxyl groups is 1. The van der Waals surface area contributed by atoms with Crippen molar-refractivity contribution in [2.45, 2.75) is 45.3 Å². The number of anilines is 1. The van der Waals surface area contributed by atoms with Crippen molar-refractivity contribution < 1.29 is 5.11 Å². The Morgan fingerprint density at radius 1 is 1.31 bits per heavy atom. The molecule has 1 saturated heterocycles. The maximum Gasteiger partial charge on any atom is 0.126 e. The molecule has 1 aliphatic heterocycles. The van der Waals surface area contributed by atoms with Crippen LogP contribution in [0.5, 0.6) is 0 Å². The van der Waals surface area contributed by atoms with E-state index in [1.165, 1.54) is 5.56 Å². The van der Waals surface area contributed by atoms with Gasteiger partial charge >= 0.3 is 0 Å². The van der Waals surface area contributed by atoms with Crippen molar-refractivity contribution in [3.05, 3.63) is 29.8 Å². The maximum absolute atomic E-state index is 9.86. The summed E-state index contributed by atoms with van der Waals surface area (Å²) in [6.07, 6.45) is 1.68. The highest BCUT2D eigenvalue weighted by molar-refractivity contribution is 5.51. The van der Waals surface area contributed by atoms with Crippen molar-refractivity contribution in [1.82, 2.24) is 0 Å². The van der Waals surface area contributed by atoms with Gasteiger partial charge in [-0.15, -0.1) is 0 Å². The summed E-state index contributed by atoms with van der Waals surface area (Å²) in [5.74, 6) is 0. The second-order valence-electron chi connectivity index (χ2n) is 5.62. The van der Waals surface area contributed by atoms with E-state index in [0.717, 1.165) is 25.1 Å². The lowest BCUT2D eigenvalue weighted by molar-refractivity contribution is 0.185. The lowest BCUT2D eigenvalue weighted by atomic mass is 9.87. The average molecular weight is 219 g/mol. The second-order valence-corrected chi connectivity index (χ2v) is 5.62. The van der Waals surface area contributed by atoms with Crippen LogP contribution in [0.1, 0.15) is 39.2 Å². The van der Waals surface area contributed by atoms with Crippen LogP contribution in [0.25, 0.3) is 0 Å². The quantitative estimate of drug-likeness (QED) is 0.785. The third-order valence-corrected chi connectivity index (χ3v) is 3.26. The highest BCUT2D eigenvalue weighted by Crippen LogP contribution is 2.29.